The summed E-state index contributed by atoms with van der Waals surface area (Å²) in [5, 5.41) is 5.67. The van der Waals surface area contributed by atoms with Crippen LogP contribution in [0.5, 0.6) is 0 Å². The van der Waals surface area contributed by atoms with Crippen molar-refractivity contribution < 1.29 is 4.79 Å². The molecule has 0 saturated carbocycles. The Morgan fingerprint density at radius 1 is 1.40 bits per heavy atom. The van der Waals surface area contributed by atoms with Crippen molar-refractivity contribution in [2.75, 3.05) is 18.9 Å². The van der Waals surface area contributed by atoms with Gasteiger partial charge in [0, 0.05) is 4.47 Å². The summed E-state index contributed by atoms with van der Waals surface area (Å²) in [7, 11) is 1.75. The van der Waals surface area contributed by atoms with E-state index in [4.69, 9.17) is 0 Å². The first-order chi connectivity index (χ1) is 7.04. The minimum Gasteiger partial charge on any atom is -0.324 e. The normalized spacial score (nSPS) is 10.1. The Morgan fingerprint density at radius 2 is 2.07 bits per heavy atom. The van der Waals surface area contributed by atoms with Crippen LogP contribution in [0.4, 0.5) is 5.69 Å². The Morgan fingerprint density at radius 3 is 2.60 bits per heavy atom. The molecule has 3 nitrogen and oxygen atoms in total. The highest BCUT2D eigenvalue weighted by Crippen LogP contribution is 2.27. The van der Waals surface area contributed by atoms with Gasteiger partial charge in [-0.1, -0.05) is 6.07 Å². The summed E-state index contributed by atoms with van der Waals surface area (Å²) < 4.78 is 0.921. The summed E-state index contributed by atoms with van der Waals surface area (Å²) in [6, 6.07) is 4.03. The Bertz CT molecular complexity index is 354. The van der Waals surface area contributed by atoms with E-state index in [9.17, 15) is 4.79 Å². The van der Waals surface area contributed by atoms with Gasteiger partial charge in [-0.2, -0.15) is 0 Å². The lowest BCUT2D eigenvalue weighted by atomic mass is 10.1. The van der Waals surface area contributed by atoms with Gasteiger partial charge in [-0.05, 0) is 54.0 Å². The molecule has 82 valence electrons. The summed E-state index contributed by atoms with van der Waals surface area (Å²) in [6.07, 6.45) is 0. The number of halogens is 1. The maximum atomic E-state index is 11.4. The van der Waals surface area contributed by atoms with Crippen molar-refractivity contribution in [3.05, 3.63) is 27.7 Å². The van der Waals surface area contributed by atoms with Crippen LogP contribution in [0.25, 0.3) is 0 Å². The highest BCUT2D eigenvalue weighted by molar-refractivity contribution is 9.10. The van der Waals surface area contributed by atoms with Crippen LogP contribution in [0.15, 0.2) is 16.6 Å². The molecular weight excluding hydrogens is 256 g/mol. The van der Waals surface area contributed by atoms with E-state index >= 15 is 0 Å². The third kappa shape index (κ3) is 3.32. The minimum atomic E-state index is -0.0369. The molecule has 0 radical (unpaired) electrons. The molecule has 1 aromatic carbocycles. The molecule has 1 aromatic rings. The molecule has 0 heterocycles. The van der Waals surface area contributed by atoms with Crippen LogP contribution in [-0.2, 0) is 4.79 Å². The van der Waals surface area contributed by atoms with Crippen molar-refractivity contribution in [3.63, 3.8) is 0 Å². The SMILES string of the molecule is CNCC(=O)Nc1c(C)cc(C)cc1Br. The van der Waals surface area contributed by atoms with Crippen molar-refractivity contribution in [1.29, 1.82) is 0 Å². The third-order valence-electron chi connectivity index (χ3n) is 2.03. The number of likely N-dealkylation sites (N-methyl/N-ethyl adjacent to an activating group) is 1. The molecule has 1 rings (SSSR count). The van der Waals surface area contributed by atoms with Crippen LogP contribution in [0, 0.1) is 13.8 Å². The average molecular weight is 271 g/mol. The lowest BCUT2D eigenvalue weighted by Crippen LogP contribution is -2.25. The summed E-state index contributed by atoms with van der Waals surface area (Å²) >= 11 is 3.44. The van der Waals surface area contributed by atoms with Crippen LogP contribution in [0.1, 0.15) is 11.1 Å². The summed E-state index contributed by atoms with van der Waals surface area (Å²) in [4.78, 5) is 11.4. The fourth-order valence-corrected chi connectivity index (χ4v) is 2.19. The fourth-order valence-electron chi connectivity index (χ4n) is 1.42. The van der Waals surface area contributed by atoms with Gasteiger partial charge < -0.3 is 10.6 Å². The lowest BCUT2D eigenvalue weighted by Gasteiger charge is -2.11. The number of rotatable bonds is 3. The van der Waals surface area contributed by atoms with Crippen LogP contribution in [0.2, 0.25) is 0 Å². The Labute approximate surface area is 98.4 Å². The van der Waals surface area contributed by atoms with Gasteiger partial charge in [0.05, 0.1) is 12.2 Å². The summed E-state index contributed by atoms with van der Waals surface area (Å²) in [5.74, 6) is -0.0369. The quantitative estimate of drug-likeness (QED) is 0.885. The largest absolute Gasteiger partial charge is 0.324 e. The number of hydrogen-bond donors (Lipinski definition) is 2. The first-order valence-electron chi connectivity index (χ1n) is 4.75. The highest BCUT2D eigenvalue weighted by atomic mass is 79.9. The molecule has 4 heteroatoms. The van der Waals surface area contributed by atoms with E-state index in [-0.39, 0.29) is 5.91 Å². The molecule has 0 spiro atoms. The van der Waals surface area contributed by atoms with E-state index in [1.165, 1.54) is 5.56 Å². The Hall–Kier alpha value is -0.870. The molecule has 0 aliphatic carbocycles. The van der Waals surface area contributed by atoms with Crippen molar-refractivity contribution in [3.8, 4) is 0 Å². The van der Waals surface area contributed by atoms with Crippen molar-refractivity contribution >= 4 is 27.5 Å². The molecule has 0 aliphatic rings. The zero-order valence-corrected chi connectivity index (χ0v) is 10.7. The molecule has 0 aliphatic heterocycles. The molecule has 0 aromatic heterocycles. The average Bonchev–Trinajstić information content (AvgIpc) is 2.11. The fraction of sp³-hybridized carbons (Fsp3) is 0.364. The standard InChI is InChI=1S/C11H15BrN2O/c1-7-4-8(2)11(9(12)5-7)14-10(15)6-13-3/h4-5,13H,6H2,1-3H3,(H,14,15). The molecular formula is C11H15BrN2O. The van der Waals surface area contributed by atoms with Gasteiger partial charge in [0.15, 0.2) is 0 Å². The van der Waals surface area contributed by atoms with E-state index < -0.39 is 0 Å². The lowest BCUT2D eigenvalue weighted by molar-refractivity contribution is -0.115. The molecule has 0 unspecified atom stereocenters. The van der Waals surface area contributed by atoms with Crippen molar-refractivity contribution in [2.45, 2.75) is 13.8 Å². The summed E-state index contributed by atoms with van der Waals surface area (Å²) in [5.41, 5.74) is 3.08. The predicted octanol–water partition coefficient (Wildman–Crippen LogP) is 2.22. The maximum absolute atomic E-state index is 11.4. The van der Waals surface area contributed by atoms with Gasteiger partial charge in [0.2, 0.25) is 5.91 Å². The Kier molecular flexibility index (Phi) is 4.29. The number of carbonyl (C=O) groups excluding carboxylic acids is 1. The number of benzene rings is 1. The van der Waals surface area contributed by atoms with Gasteiger partial charge in [-0.3, -0.25) is 4.79 Å². The number of nitrogens with one attached hydrogen (secondary N) is 2. The molecule has 15 heavy (non-hydrogen) atoms. The van der Waals surface area contributed by atoms with Gasteiger partial charge in [-0.15, -0.1) is 0 Å². The second-order valence-electron chi connectivity index (χ2n) is 3.52. The monoisotopic (exact) mass is 270 g/mol. The second-order valence-corrected chi connectivity index (χ2v) is 4.37. The maximum Gasteiger partial charge on any atom is 0.238 e. The van der Waals surface area contributed by atoms with Crippen LogP contribution in [0.3, 0.4) is 0 Å². The minimum absolute atomic E-state index is 0.0369. The van der Waals surface area contributed by atoms with E-state index in [1.807, 2.05) is 26.0 Å². The van der Waals surface area contributed by atoms with Gasteiger partial charge in [0.1, 0.15) is 0 Å². The third-order valence-corrected chi connectivity index (χ3v) is 2.66. The van der Waals surface area contributed by atoms with Crippen molar-refractivity contribution in [2.24, 2.45) is 0 Å². The first-order valence-corrected chi connectivity index (χ1v) is 5.55. The smallest absolute Gasteiger partial charge is 0.238 e. The number of hydrogen-bond acceptors (Lipinski definition) is 2. The van der Waals surface area contributed by atoms with E-state index in [2.05, 4.69) is 26.6 Å². The second kappa shape index (κ2) is 5.28. The number of carbonyl (C=O) groups is 1. The number of aryl methyl sites for hydroxylation is 2. The van der Waals surface area contributed by atoms with E-state index in [1.54, 1.807) is 7.05 Å². The zero-order chi connectivity index (χ0) is 11.4. The highest BCUT2D eigenvalue weighted by Gasteiger charge is 2.07. The molecule has 1 amide bonds. The first kappa shape index (κ1) is 12.2. The molecule has 0 saturated heterocycles. The van der Waals surface area contributed by atoms with Gasteiger partial charge >= 0.3 is 0 Å². The molecule has 0 bridgehead atoms. The molecule has 0 fully saturated rings. The predicted molar refractivity (Wildman–Crippen MR) is 66.2 cm³/mol. The topological polar surface area (TPSA) is 41.1 Å². The van der Waals surface area contributed by atoms with Gasteiger partial charge in [-0.25, -0.2) is 0 Å². The molecule has 0 atom stereocenters. The molecule has 2 N–H and O–H groups in total. The van der Waals surface area contributed by atoms with Crippen LogP contribution >= 0.6 is 15.9 Å². The Balaban J connectivity index is 2.90. The summed E-state index contributed by atoms with van der Waals surface area (Å²) in [6.45, 7) is 4.32. The van der Waals surface area contributed by atoms with Crippen LogP contribution in [-0.4, -0.2) is 19.5 Å². The number of anilines is 1. The van der Waals surface area contributed by atoms with Gasteiger partial charge in [0.25, 0.3) is 0 Å². The zero-order valence-electron chi connectivity index (χ0n) is 9.15. The van der Waals surface area contributed by atoms with Crippen LogP contribution < -0.4 is 10.6 Å². The van der Waals surface area contributed by atoms with E-state index in [0.29, 0.717) is 6.54 Å². The van der Waals surface area contributed by atoms with Crippen molar-refractivity contribution in [1.82, 2.24) is 5.32 Å². The number of amides is 1. The van der Waals surface area contributed by atoms with E-state index in [0.717, 1.165) is 15.7 Å².